The van der Waals surface area contributed by atoms with Crippen molar-refractivity contribution in [2.24, 2.45) is 0 Å². The smallest absolute Gasteiger partial charge is 0.135 e. The minimum atomic E-state index is 0.571. The molecule has 3 nitrogen and oxygen atoms in total. The SMILES string of the molecule is CCNc1cc(Sc2cc(C)ccc2C)nc(C2CC2)n1. The Bertz CT molecular complexity index is 650. The number of aryl methyl sites for hydroxylation is 2. The molecule has 1 fully saturated rings. The molecule has 0 aliphatic heterocycles. The van der Waals surface area contributed by atoms with Crippen LogP contribution in [0.2, 0.25) is 0 Å². The summed E-state index contributed by atoms with van der Waals surface area (Å²) in [5, 5.41) is 4.36. The van der Waals surface area contributed by atoms with Gasteiger partial charge < -0.3 is 5.32 Å². The van der Waals surface area contributed by atoms with Crippen LogP contribution in [0.4, 0.5) is 5.82 Å². The van der Waals surface area contributed by atoms with Gasteiger partial charge in [0.2, 0.25) is 0 Å². The molecule has 0 bridgehead atoms. The van der Waals surface area contributed by atoms with E-state index in [1.54, 1.807) is 11.8 Å². The van der Waals surface area contributed by atoms with Crippen LogP contribution in [-0.2, 0) is 0 Å². The molecule has 1 aliphatic carbocycles. The van der Waals surface area contributed by atoms with E-state index in [9.17, 15) is 0 Å². The molecule has 1 aromatic heterocycles. The van der Waals surface area contributed by atoms with E-state index in [1.165, 1.54) is 28.9 Å². The minimum absolute atomic E-state index is 0.571. The van der Waals surface area contributed by atoms with Gasteiger partial charge in [0.25, 0.3) is 0 Å². The first-order valence-electron chi connectivity index (χ1n) is 7.53. The van der Waals surface area contributed by atoms with Crippen molar-refractivity contribution in [3.63, 3.8) is 0 Å². The van der Waals surface area contributed by atoms with Crippen LogP contribution in [0.3, 0.4) is 0 Å². The summed E-state index contributed by atoms with van der Waals surface area (Å²) in [5.74, 6) is 2.52. The van der Waals surface area contributed by atoms with E-state index in [1.807, 2.05) is 0 Å². The standard InChI is InChI=1S/C17H21N3S/c1-4-18-15-10-16(20-17(19-15)13-7-8-13)21-14-9-11(2)5-6-12(14)3/h5-6,9-10,13H,4,7-8H2,1-3H3,(H,18,19,20). The molecular formula is C17H21N3S. The normalized spacial score (nSPS) is 14.2. The fourth-order valence-corrected chi connectivity index (χ4v) is 3.23. The van der Waals surface area contributed by atoms with E-state index in [-0.39, 0.29) is 0 Å². The zero-order valence-corrected chi connectivity index (χ0v) is 13.6. The van der Waals surface area contributed by atoms with Gasteiger partial charge >= 0.3 is 0 Å². The van der Waals surface area contributed by atoms with Gasteiger partial charge in [-0.3, -0.25) is 0 Å². The summed E-state index contributed by atoms with van der Waals surface area (Å²) >= 11 is 1.74. The average Bonchev–Trinajstić information content (AvgIpc) is 3.28. The van der Waals surface area contributed by atoms with Crippen molar-refractivity contribution in [1.29, 1.82) is 0 Å². The van der Waals surface area contributed by atoms with E-state index >= 15 is 0 Å². The summed E-state index contributed by atoms with van der Waals surface area (Å²) in [6.45, 7) is 7.25. The second kappa shape index (κ2) is 6.06. The summed E-state index contributed by atoms with van der Waals surface area (Å²) in [5.41, 5.74) is 2.58. The summed E-state index contributed by atoms with van der Waals surface area (Å²) in [6, 6.07) is 8.61. The molecular weight excluding hydrogens is 278 g/mol. The van der Waals surface area contributed by atoms with Crippen LogP contribution in [0.25, 0.3) is 0 Å². The van der Waals surface area contributed by atoms with Crippen LogP contribution in [-0.4, -0.2) is 16.5 Å². The van der Waals surface area contributed by atoms with Crippen molar-refractivity contribution in [2.45, 2.75) is 49.5 Å². The first-order valence-corrected chi connectivity index (χ1v) is 8.35. The van der Waals surface area contributed by atoms with Gasteiger partial charge in [0.05, 0.1) is 0 Å². The number of anilines is 1. The van der Waals surface area contributed by atoms with Gasteiger partial charge in [0.1, 0.15) is 16.7 Å². The topological polar surface area (TPSA) is 37.8 Å². The Kier molecular flexibility index (Phi) is 4.15. The minimum Gasteiger partial charge on any atom is -0.370 e. The van der Waals surface area contributed by atoms with E-state index in [2.05, 4.69) is 55.3 Å². The predicted molar refractivity (Wildman–Crippen MR) is 88.2 cm³/mol. The summed E-state index contributed by atoms with van der Waals surface area (Å²) in [4.78, 5) is 10.7. The summed E-state index contributed by atoms with van der Waals surface area (Å²) in [7, 11) is 0. The highest BCUT2D eigenvalue weighted by molar-refractivity contribution is 7.99. The van der Waals surface area contributed by atoms with Crippen LogP contribution >= 0.6 is 11.8 Å². The van der Waals surface area contributed by atoms with E-state index in [0.29, 0.717) is 5.92 Å². The van der Waals surface area contributed by atoms with Crippen molar-refractivity contribution in [3.8, 4) is 0 Å². The van der Waals surface area contributed by atoms with Crippen LogP contribution in [0.15, 0.2) is 34.2 Å². The number of benzene rings is 1. The van der Waals surface area contributed by atoms with Gasteiger partial charge in [0, 0.05) is 23.4 Å². The fourth-order valence-electron chi connectivity index (χ4n) is 2.22. The summed E-state index contributed by atoms with van der Waals surface area (Å²) in [6.07, 6.45) is 2.45. The zero-order chi connectivity index (χ0) is 14.8. The highest BCUT2D eigenvalue weighted by Gasteiger charge is 2.27. The van der Waals surface area contributed by atoms with Gasteiger partial charge in [-0.15, -0.1) is 0 Å². The second-order valence-corrected chi connectivity index (χ2v) is 6.69. The molecule has 1 N–H and O–H groups in total. The molecule has 3 rings (SSSR count). The lowest BCUT2D eigenvalue weighted by Gasteiger charge is -2.10. The summed E-state index contributed by atoms with van der Waals surface area (Å²) < 4.78 is 0. The Balaban J connectivity index is 1.91. The number of nitrogens with one attached hydrogen (secondary N) is 1. The van der Waals surface area contributed by atoms with Crippen LogP contribution < -0.4 is 5.32 Å². The Morgan fingerprint density at radius 3 is 2.71 bits per heavy atom. The third-order valence-corrected chi connectivity index (χ3v) is 4.66. The van der Waals surface area contributed by atoms with Crippen molar-refractivity contribution < 1.29 is 0 Å². The highest BCUT2D eigenvalue weighted by Crippen LogP contribution is 2.40. The second-order valence-electron chi connectivity index (χ2n) is 5.63. The van der Waals surface area contributed by atoms with Crippen LogP contribution in [0.1, 0.15) is 42.6 Å². The third-order valence-electron chi connectivity index (χ3n) is 3.58. The maximum absolute atomic E-state index is 4.76. The van der Waals surface area contributed by atoms with Crippen molar-refractivity contribution >= 4 is 17.6 Å². The zero-order valence-electron chi connectivity index (χ0n) is 12.8. The Morgan fingerprint density at radius 1 is 1.19 bits per heavy atom. The Morgan fingerprint density at radius 2 is 2.00 bits per heavy atom. The quantitative estimate of drug-likeness (QED) is 0.822. The van der Waals surface area contributed by atoms with Gasteiger partial charge in [-0.05, 0) is 50.8 Å². The van der Waals surface area contributed by atoms with Crippen molar-refractivity contribution in [1.82, 2.24) is 9.97 Å². The van der Waals surface area contributed by atoms with Gasteiger partial charge in [-0.1, -0.05) is 23.9 Å². The molecule has 0 atom stereocenters. The molecule has 4 heteroatoms. The fraction of sp³-hybridized carbons (Fsp3) is 0.412. The maximum atomic E-state index is 4.76. The monoisotopic (exact) mass is 299 g/mol. The molecule has 2 aromatic rings. The molecule has 0 spiro atoms. The molecule has 21 heavy (non-hydrogen) atoms. The van der Waals surface area contributed by atoms with Crippen LogP contribution in [0.5, 0.6) is 0 Å². The average molecular weight is 299 g/mol. The largest absolute Gasteiger partial charge is 0.370 e. The van der Waals surface area contributed by atoms with E-state index < -0.39 is 0 Å². The van der Waals surface area contributed by atoms with Gasteiger partial charge in [0.15, 0.2) is 0 Å². The number of hydrogen-bond acceptors (Lipinski definition) is 4. The lowest BCUT2D eigenvalue weighted by molar-refractivity contribution is 0.876. The lowest BCUT2D eigenvalue weighted by Crippen LogP contribution is -2.03. The van der Waals surface area contributed by atoms with Crippen LogP contribution in [0, 0.1) is 13.8 Å². The first-order chi connectivity index (χ1) is 10.2. The van der Waals surface area contributed by atoms with Crippen molar-refractivity contribution in [3.05, 3.63) is 41.2 Å². The molecule has 0 amide bonds. The predicted octanol–water partition coefficient (Wildman–Crippen LogP) is 4.55. The highest BCUT2D eigenvalue weighted by atomic mass is 32.2. The molecule has 1 aliphatic rings. The number of aromatic nitrogens is 2. The Labute approximate surface area is 130 Å². The molecule has 0 unspecified atom stereocenters. The molecule has 110 valence electrons. The van der Waals surface area contributed by atoms with E-state index in [4.69, 9.17) is 4.98 Å². The Hall–Kier alpha value is -1.55. The van der Waals surface area contributed by atoms with E-state index in [0.717, 1.165) is 23.2 Å². The lowest BCUT2D eigenvalue weighted by atomic mass is 10.2. The maximum Gasteiger partial charge on any atom is 0.135 e. The molecule has 0 saturated heterocycles. The van der Waals surface area contributed by atoms with Gasteiger partial charge in [-0.2, -0.15) is 0 Å². The van der Waals surface area contributed by atoms with Gasteiger partial charge in [-0.25, -0.2) is 9.97 Å². The molecule has 0 radical (unpaired) electrons. The number of hydrogen-bond donors (Lipinski definition) is 1. The number of nitrogens with zero attached hydrogens (tertiary/aromatic N) is 2. The molecule has 1 heterocycles. The molecule has 1 saturated carbocycles. The van der Waals surface area contributed by atoms with Crippen molar-refractivity contribution in [2.75, 3.05) is 11.9 Å². The number of rotatable bonds is 5. The third kappa shape index (κ3) is 3.56. The molecule has 1 aromatic carbocycles. The first kappa shape index (κ1) is 14.4.